The van der Waals surface area contributed by atoms with Crippen LogP contribution in [0.1, 0.15) is 53.9 Å². The summed E-state index contributed by atoms with van der Waals surface area (Å²) < 4.78 is 5.20. The highest BCUT2D eigenvalue weighted by molar-refractivity contribution is 5.90. The fourth-order valence-electron chi connectivity index (χ4n) is 1.82. The molecule has 1 saturated carbocycles. The zero-order chi connectivity index (χ0) is 13.9. The summed E-state index contributed by atoms with van der Waals surface area (Å²) in [5.41, 5.74) is -0.533. The summed E-state index contributed by atoms with van der Waals surface area (Å²) in [4.78, 5) is 23.8. The number of amides is 1. The molecule has 0 aromatic heterocycles. The first-order valence-corrected chi connectivity index (χ1v) is 6.72. The van der Waals surface area contributed by atoms with Crippen LogP contribution in [0.2, 0.25) is 0 Å². The van der Waals surface area contributed by atoms with E-state index in [-0.39, 0.29) is 11.7 Å². The van der Waals surface area contributed by atoms with Gasteiger partial charge in [0.15, 0.2) is 5.78 Å². The quantitative estimate of drug-likeness (QED) is 0.821. The van der Waals surface area contributed by atoms with Crippen molar-refractivity contribution in [3.63, 3.8) is 0 Å². The number of Topliss-reactive ketones (excluding diaryl/α,β-unsaturated/α-hetero) is 1. The first-order valence-electron chi connectivity index (χ1n) is 6.72. The maximum Gasteiger partial charge on any atom is 0.408 e. The number of carbonyl (C=O) groups is 2. The summed E-state index contributed by atoms with van der Waals surface area (Å²) in [7, 11) is 0. The van der Waals surface area contributed by atoms with E-state index in [4.69, 9.17) is 4.74 Å². The summed E-state index contributed by atoms with van der Waals surface area (Å²) in [6.45, 7) is 9.53. The summed E-state index contributed by atoms with van der Waals surface area (Å²) in [6.07, 6.45) is 2.10. The van der Waals surface area contributed by atoms with E-state index in [0.717, 1.165) is 12.8 Å². The Kier molecular flexibility index (Phi) is 4.77. The van der Waals surface area contributed by atoms with E-state index in [0.29, 0.717) is 12.3 Å². The number of ether oxygens (including phenoxy) is 1. The Morgan fingerprint density at radius 2 is 1.83 bits per heavy atom. The van der Waals surface area contributed by atoms with Crippen LogP contribution in [0, 0.1) is 11.8 Å². The van der Waals surface area contributed by atoms with E-state index in [2.05, 4.69) is 5.32 Å². The largest absolute Gasteiger partial charge is 0.444 e. The van der Waals surface area contributed by atoms with Crippen LogP contribution in [0.3, 0.4) is 0 Å². The lowest BCUT2D eigenvalue weighted by atomic mass is 9.98. The molecule has 1 N–H and O–H groups in total. The normalized spacial score (nSPS) is 17.4. The van der Waals surface area contributed by atoms with Crippen molar-refractivity contribution in [2.24, 2.45) is 11.8 Å². The molecule has 0 aromatic carbocycles. The molecule has 18 heavy (non-hydrogen) atoms. The van der Waals surface area contributed by atoms with E-state index < -0.39 is 17.7 Å². The first kappa shape index (κ1) is 15.0. The van der Waals surface area contributed by atoms with Gasteiger partial charge in [0.1, 0.15) is 5.60 Å². The molecule has 1 amide bonds. The molecular weight excluding hydrogens is 230 g/mol. The highest BCUT2D eigenvalue weighted by Crippen LogP contribution is 2.32. The van der Waals surface area contributed by atoms with Gasteiger partial charge in [0, 0.05) is 5.92 Å². The van der Waals surface area contributed by atoms with Crippen molar-refractivity contribution in [1.82, 2.24) is 5.32 Å². The minimum absolute atomic E-state index is 0.156. The summed E-state index contributed by atoms with van der Waals surface area (Å²) in [5, 5.41) is 2.72. The predicted octanol–water partition coefficient (Wildman–Crippen LogP) is 2.90. The van der Waals surface area contributed by atoms with Gasteiger partial charge >= 0.3 is 6.09 Å². The van der Waals surface area contributed by atoms with Gasteiger partial charge in [-0.25, -0.2) is 4.79 Å². The third kappa shape index (κ3) is 5.52. The van der Waals surface area contributed by atoms with Crippen LogP contribution < -0.4 is 5.32 Å². The number of nitrogens with one attached hydrogen (secondary N) is 1. The van der Waals surface area contributed by atoms with Gasteiger partial charge in [0.2, 0.25) is 0 Å². The van der Waals surface area contributed by atoms with Crippen molar-refractivity contribution in [3.05, 3.63) is 0 Å². The lowest BCUT2D eigenvalue weighted by Gasteiger charge is -2.24. The van der Waals surface area contributed by atoms with Crippen molar-refractivity contribution in [2.75, 3.05) is 0 Å². The molecule has 1 aliphatic carbocycles. The fraction of sp³-hybridized carbons (Fsp3) is 0.857. The Bertz CT molecular complexity index is 313. The average molecular weight is 255 g/mol. The molecule has 0 heterocycles. The predicted molar refractivity (Wildman–Crippen MR) is 70.3 cm³/mol. The second kappa shape index (κ2) is 5.72. The molecule has 4 nitrogen and oxygen atoms in total. The number of carbonyl (C=O) groups excluding carboxylic acids is 2. The molecule has 104 valence electrons. The number of hydrogen-bond acceptors (Lipinski definition) is 3. The van der Waals surface area contributed by atoms with Crippen molar-refractivity contribution in [2.45, 2.75) is 65.5 Å². The molecule has 0 spiro atoms. The van der Waals surface area contributed by atoms with Gasteiger partial charge in [-0.3, -0.25) is 4.79 Å². The Morgan fingerprint density at radius 1 is 1.28 bits per heavy atom. The minimum atomic E-state index is -0.533. The highest BCUT2D eigenvalue weighted by atomic mass is 16.6. The summed E-state index contributed by atoms with van der Waals surface area (Å²) in [6, 6.07) is -0.396. The highest BCUT2D eigenvalue weighted by Gasteiger charge is 2.36. The van der Waals surface area contributed by atoms with Crippen LogP contribution in [0.15, 0.2) is 0 Å². The SMILES string of the molecule is CC(C)CC(NC(=O)OC(C)(C)C)C(=O)C1CC1. The monoisotopic (exact) mass is 255 g/mol. The van der Waals surface area contributed by atoms with E-state index >= 15 is 0 Å². The maximum absolute atomic E-state index is 12.1. The van der Waals surface area contributed by atoms with Crippen LogP contribution in [0.25, 0.3) is 0 Å². The smallest absolute Gasteiger partial charge is 0.408 e. The minimum Gasteiger partial charge on any atom is -0.444 e. The number of rotatable bonds is 5. The van der Waals surface area contributed by atoms with E-state index in [9.17, 15) is 9.59 Å². The molecule has 0 saturated heterocycles. The van der Waals surface area contributed by atoms with Crippen molar-refractivity contribution in [3.8, 4) is 0 Å². The molecule has 0 radical (unpaired) electrons. The zero-order valence-electron chi connectivity index (χ0n) is 12.1. The van der Waals surface area contributed by atoms with Gasteiger partial charge in [-0.2, -0.15) is 0 Å². The van der Waals surface area contributed by atoms with Crippen LogP contribution in [0.5, 0.6) is 0 Å². The molecule has 1 aliphatic rings. The average Bonchev–Trinajstić information content (AvgIpc) is 2.94. The fourth-order valence-corrected chi connectivity index (χ4v) is 1.82. The van der Waals surface area contributed by atoms with Crippen LogP contribution in [0.4, 0.5) is 4.79 Å². The van der Waals surface area contributed by atoms with Gasteiger partial charge in [-0.1, -0.05) is 13.8 Å². The Balaban J connectivity index is 2.54. The van der Waals surface area contributed by atoms with Gasteiger partial charge in [0.05, 0.1) is 6.04 Å². The second-order valence-corrected chi connectivity index (χ2v) is 6.51. The molecule has 0 aliphatic heterocycles. The van der Waals surface area contributed by atoms with E-state index in [1.54, 1.807) is 0 Å². The van der Waals surface area contributed by atoms with E-state index in [1.165, 1.54) is 0 Å². The zero-order valence-corrected chi connectivity index (χ0v) is 12.1. The molecule has 1 atom stereocenters. The Morgan fingerprint density at radius 3 is 2.22 bits per heavy atom. The van der Waals surface area contributed by atoms with Crippen LogP contribution in [-0.2, 0) is 9.53 Å². The standard InChI is InChI=1S/C14H25NO3/c1-9(2)8-11(12(16)10-6-7-10)15-13(17)18-14(3,4)5/h9-11H,6-8H2,1-5H3,(H,15,17). The lowest BCUT2D eigenvalue weighted by Crippen LogP contribution is -2.44. The van der Waals surface area contributed by atoms with Crippen LogP contribution >= 0.6 is 0 Å². The topological polar surface area (TPSA) is 55.4 Å². The Labute approximate surface area is 109 Å². The third-order valence-electron chi connectivity index (χ3n) is 2.72. The maximum atomic E-state index is 12.1. The molecule has 1 unspecified atom stereocenters. The van der Waals surface area contributed by atoms with Gasteiger partial charge in [0.25, 0.3) is 0 Å². The van der Waals surface area contributed by atoms with Gasteiger partial charge in [-0.15, -0.1) is 0 Å². The molecule has 0 bridgehead atoms. The molecule has 0 aromatic rings. The lowest BCUT2D eigenvalue weighted by molar-refractivity contribution is -0.122. The van der Waals surface area contributed by atoms with Crippen molar-refractivity contribution >= 4 is 11.9 Å². The molecular formula is C14H25NO3. The molecule has 1 fully saturated rings. The first-order chi connectivity index (χ1) is 8.19. The van der Waals surface area contributed by atoms with Crippen molar-refractivity contribution in [1.29, 1.82) is 0 Å². The Hall–Kier alpha value is -1.06. The van der Waals surface area contributed by atoms with Gasteiger partial charge in [-0.05, 0) is 46.0 Å². The van der Waals surface area contributed by atoms with E-state index in [1.807, 2.05) is 34.6 Å². The number of alkyl carbamates (subject to hydrolysis) is 1. The number of ketones is 1. The number of hydrogen-bond donors (Lipinski definition) is 1. The second-order valence-electron chi connectivity index (χ2n) is 6.51. The molecule has 4 heteroatoms. The summed E-state index contributed by atoms with van der Waals surface area (Å²) in [5.74, 6) is 0.686. The van der Waals surface area contributed by atoms with Gasteiger partial charge < -0.3 is 10.1 Å². The van der Waals surface area contributed by atoms with Crippen LogP contribution in [-0.4, -0.2) is 23.5 Å². The molecule has 1 rings (SSSR count). The third-order valence-corrected chi connectivity index (χ3v) is 2.72. The van der Waals surface area contributed by atoms with Crippen molar-refractivity contribution < 1.29 is 14.3 Å². The summed E-state index contributed by atoms with van der Waals surface area (Å²) >= 11 is 0.